The summed E-state index contributed by atoms with van der Waals surface area (Å²) in [6, 6.07) is 0. The second kappa shape index (κ2) is 7.73. The molecule has 0 saturated heterocycles. The van der Waals surface area contributed by atoms with Gasteiger partial charge in [-0.2, -0.15) is 0 Å². The molecule has 0 aromatic heterocycles. The first-order chi connectivity index (χ1) is 4.91. The van der Waals surface area contributed by atoms with Crippen LogP contribution >= 0.6 is 0 Å². The monoisotopic (exact) mass is 160 g/mol. The van der Waals surface area contributed by atoms with Gasteiger partial charge in [0.05, 0.1) is 0 Å². The molecule has 0 heterocycles. The fourth-order valence-electron chi connectivity index (χ4n) is 0.157. The van der Waals surface area contributed by atoms with Gasteiger partial charge >= 0.3 is 0 Å². The van der Waals surface area contributed by atoms with Crippen LogP contribution in [0, 0.1) is 11.8 Å². The maximum Gasteiger partial charge on any atom is 0.123 e. The van der Waals surface area contributed by atoms with Crippen LogP contribution in [0.15, 0.2) is 0 Å². The minimum absolute atomic E-state index is 0.167. The summed E-state index contributed by atoms with van der Waals surface area (Å²) in [6.45, 7) is 9.45. The third-order valence-electron chi connectivity index (χ3n) is 1.27. The number of hydrogen-bond acceptors (Lipinski definition) is 2. The summed E-state index contributed by atoms with van der Waals surface area (Å²) in [7, 11) is 0. The highest BCUT2D eigenvalue weighted by Gasteiger charge is 2.02. The fraction of sp³-hybridized carbons (Fsp3) is 0.889. The van der Waals surface area contributed by atoms with Gasteiger partial charge in [0.2, 0.25) is 0 Å². The van der Waals surface area contributed by atoms with Gasteiger partial charge in [-0.3, -0.25) is 0 Å². The average Bonchev–Trinajstić information content (AvgIpc) is 1.85. The van der Waals surface area contributed by atoms with Gasteiger partial charge in [0.15, 0.2) is 0 Å². The van der Waals surface area contributed by atoms with E-state index in [1.165, 1.54) is 0 Å². The van der Waals surface area contributed by atoms with Gasteiger partial charge in [-0.05, 0) is 19.8 Å². The minimum Gasteiger partial charge on any atom is -0.394 e. The zero-order valence-electron chi connectivity index (χ0n) is 8.16. The third-order valence-corrected chi connectivity index (χ3v) is 1.27. The van der Waals surface area contributed by atoms with E-state index in [4.69, 9.17) is 5.11 Å². The quantitative estimate of drug-likeness (QED) is 0.626. The number of aliphatic hydroxyl groups is 1. The molecule has 11 heavy (non-hydrogen) atoms. The van der Waals surface area contributed by atoms with Gasteiger partial charge in [0.25, 0.3) is 0 Å². The first kappa shape index (κ1) is 13.2. The number of carbonyl (C=O) groups excluding carboxylic acids is 1. The minimum atomic E-state index is -0.167. The molecule has 2 heteroatoms. The number of rotatable bonds is 2. The molecule has 0 saturated carbocycles. The average molecular weight is 160 g/mol. The lowest BCUT2D eigenvalue weighted by Gasteiger charge is -2.04. The summed E-state index contributed by atoms with van der Waals surface area (Å²) in [4.78, 5) is 9.95. The molecule has 2 nitrogen and oxygen atoms in total. The van der Waals surface area contributed by atoms with E-state index >= 15 is 0 Å². The first-order valence-electron chi connectivity index (χ1n) is 4.05. The molecule has 0 fully saturated rings. The molecule has 0 amide bonds. The zero-order chi connectivity index (χ0) is 9.44. The van der Waals surface area contributed by atoms with Crippen LogP contribution in [0.1, 0.15) is 34.6 Å². The van der Waals surface area contributed by atoms with Crippen LogP contribution in [0.2, 0.25) is 0 Å². The zero-order valence-corrected chi connectivity index (χ0v) is 8.16. The molecule has 68 valence electrons. The van der Waals surface area contributed by atoms with Gasteiger partial charge in [-0.1, -0.05) is 20.8 Å². The van der Waals surface area contributed by atoms with Gasteiger partial charge in [-0.25, -0.2) is 0 Å². The van der Waals surface area contributed by atoms with Crippen molar-refractivity contribution in [2.24, 2.45) is 11.8 Å². The second-order valence-electron chi connectivity index (χ2n) is 3.33. The van der Waals surface area contributed by atoms with E-state index in [1.54, 1.807) is 13.8 Å². The number of hydrogen-bond donors (Lipinski definition) is 1. The highest BCUT2D eigenvalue weighted by atomic mass is 16.3. The normalized spacial score (nSPS) is 12.4. The Hall–Kier alpha value is -0.370. The van der Waals surface area contributed by atoms with Gasteiger partial charge in [0.1, 0.15) is 6.29 Å². The van der Waals surface area contributed by atoms with Crippen LogP contribution in [-0.4, -0.2) is 17.5 Å². The van der Waals surface area contributed by atoms with Crippen molar-refractivity contribution in [2.45, 2.75) is 40.7 Å². The lowest BCUT2D eigenvalue weighted by molar-refractivity contribution is -0.111. The van der Waals surface area contributed by atoms with Gasteiger partial charge in [0, 0.05) is 12.0 Å². The molecule has 0 aliphatic carbocycles. The Morgan fingerprint density at radius 3 is 1.36 bits per heavy atom. The molecule has 0 rings (SSSR count). The molecule has 0 spiro atoms. The summed E-state index contributed by atoms with van der Waals surface area (Å²) in [5.41, 5.74) is 0. The van der Waals surface area contributed by atoms with Crippen molar-refractivity contribution in [3.8, 4) is 0 Å². The second-order valence-corrected chi connectivity index (χ2v) is 3.33. The number of carbonyl (C=O) groups is 1. The molecule has 0 aliphatic heterocycles. The maximum atomic E-state index is 9.95. The van der Waals surface area contributed by atoms with Crippen molar-refractivity contribution < 1.29 is 9.90 Å². The number of aliphatic hydroxyl groups excluding tert-OH is 1. The Kier molecular flexibility index (Phi) is 9.31. The lowest BCUT2D eigenvalue weighted by atomic mass is 10.0. The van der Waals surface area contributed by atoms with E-state index in [-0.39, 0.29) is 12.0 Å². The van der Waals surface area contributed by atoms with Gasteiger partial charge in [-0.15, -0.1) is 0 Å². The maximum absolute atomic E-state index is 9.95. The van der Waals surface area contributed by atoms with Crippen molar-refractivity contribution in [1.29, 1.82) is 0 Å². The van der Waals surface area contributed by atoms with E-state index in [1.807, 2.05) is 20.8 Å². The summed E-state index contributed by atoms with van der Waals surface area (Å²) in [5.74, 6) is 0.720. The van der Waals surface area contributed by atoms with Crippen LogP contribution in [0.4, 0.5) is 0 Å². The van der Waals surface area contributed by atoms with Crippen LogP contribution < -0.4 is 0 Å². The molecular formula is C9H20O2. The van der Waals surface area contributed by atoms with E-state index in [9.17, 15) is 4.79 Å². The van der Waals surface area contributed by atoms with Crippen LogP contribution in [-0.2, 0) is 4.79 Å². The van der Waals surface area contributed by atoms with Crippen molar-refractivity contribution >= 4 is 6.29 Å². The SMILES string of the molecule is CC(C)C(C)C=O.CC(C)O. The molecule has 1 atom stereocenters. The summed E-state index contributed by atoms with van der Waals surface area (Å²) in [5, 5.41) is 8.06. The Bertz CT molecular complexity index is 84.8. The highest BCUT2D eigenvalue weighted by molar-refractivity contribution is 5.52. The van der Waals surface area contributed by atoms with E-state index in [0.717, 1.165) is 6.29 Å². The topological polar surface area (TPSA) is 37.3 Å². The molecule has 0 bridgehead atoms. The molecular weight excluding hydrogens is 140 g/mol. The van der Waals surface area contributed by atoms with Crippen molar-refractivity contribution in [1.82, 2.24) is 0 Å². The Labute approximate surface area is 69.6 Å². The van der Waals surface area contributed by atoms with Crippen molar-refractivity contribution in [3.63, 3.8) is 0 Å². The van der Waals surface area contributed by atoms with Crippen molar-refractivity contribution in [3.05, 3.63) is 0 Å². The number of aldehydes is 1. The Balaban J connectivity index is 0. The standard InChI is InChI=1S/C6H12O.C3H8O/c1-5(2)6(3)4-7;1-3(2)4/h4-6H,1-3H3;3-4H,1-2H3. The summed E-state index contributed by atoms with van der Waals surface area (Å²) < 4.78 is 0. The van der Waals surface area contributed by atoms with Crippen molar-refractivity contribution in [2.75, 3.05) is 0 Å². The molecule has 0 aromatic rings. The predicted molar refractivity (Wildman–Crippen MR) is 47.4 cm³/mol. The molecule has 0 radical (unpaired) electrons. The van der Waals surface area contributed by atoms with E-state index in [0.29, 0.717) is 5.92 Å². The van der Waals surface area contributed by atoms with Crippen LogP contribution in [0.5, 0.6) is 0 Å². The largest absolute Gasteiger partial charge is 0.394 e. The molecule has 0 aromatic carbocycles. The fourth-order valence-corrected chi connectivity index (χ4v) is 0.157. The Morgan fingerprint density at radius 2 is 1.36 bits per heavy atom. The summed E-state index contributed by atoms with van der Waals surface area (Å²) >= 11 is 0. The molecule has 0 aliphatic rings. The lowest BCUT2D eigenvalue weighted by Crippen LogP contribution is -2.03. The molecule has 1 unspecified atom stereocenters. The molecule has 1 N–H and O–H groups in total. The van der Waals surface area contributed by atoms with Crippen LogP contribution in [0.3, 0.4) is 0 Å². The highest BCUT2D eigenvalue weighted by Crippen LogP contribution is 2.04. The van der Waals surface area contributed by atoms with Crippen LogP contribution in [0.25, 0.3) is 0 Å². The first-order valence-corrected chi connectivity index (χ1v) is 4.05. The van der Waals surface area contributed by atoms with E-state index < -0.39 is 0 Å². The van der Waals surface area contributed by atoms with E-state index in [2.05, 4.69) is 0 Å². The Morgan fingerprint density at radius 1 is 1.09 bits per heavy atom. The summed E-state index contributed by atoms with van der Waals surface area (Å²) in [6.07, 6.45) is 0.824. The smallest absolute Gasteiger partial charge is 0.123 e. The van der Waals surface area contributed by atoms with Gasteiger partial charge < -0.3 is 9.90 Å². The third kappa shape index (κ3) is 17.7. The predicted octanol–water partition coefficient (Wildman–Crippen LogP) is 1.86.